The van der Waals surface area contributed by atoms with Crippen LogP contribution in [0.4, 0.5) is 0 Å². The maximum atomic E-state index is 9.22. The molecule has 0 atom stereocenters. The minimum Gasteiger partial charge on any atom is -0.491 e. The van der Waals surface area contributed by atoms with Crippen molar-refractivity contribution in [1.29, 1.82) is 0 Å². The minimum absolute atomic E-state index is 0.241. The van der Waals surface area contributed by atoms with Gasteiger partial charge in [-0.25, -0.2) is 4.98 Å². The monoisotopic (exact) mass is 223 g/mol. The van der Waals surface area contributed by atoms with E-state index in [9.17, 15) is 10.0 Å². The zero-order chi connectivity index (χ0) is 12.3. The van der Waals surface area contributed by atoms with Crippen molar-refractivity contribution in [2.45, 2.75) is 6.92 Å². The Hall–Kier alpha value is -1.53. The third kappa shape index (κ3) is 2.34. The summed E-state index contributed by atoms with van der Waals surface area (Å²) in [5.41, 5.74) is 1.25. The number of allylic oxidation sites excluding steroid dienone is 1. The Bertz CT molecular complexity index is 406. The summed E-state index contributed by atoms with van der Waals surface area (Å²) in [6.07, 6.45) is 0. The van der Waals surface area contributed by atoms with Crippen LogP contribution in [0.1, 0.15) is 12.6 Å². The maximum Gasteiger partial charge on any atom is 0.490 e. The molecule has 0 unspecified atom stereocenters. The number of rotatable bonds is 4. The van der Waals surface area contributed by atoms with Crippen molar-refractivity contribution in [3.63, 3.8) is 0 Å². The molecule has 0 aliphatic rings. The SMILES string of the molecule is C=C(C)c1nc(OC)c(OC)cc1B(O)O. The largest absolute Gasteiger partial charge is 0.491 e. The van der Waals surface area contributed by atoms with E-state index < -0.39 is 7.12 Å². The van der Waals surface area contributed by atoms with E-state index in [4.69, 9.17) is 9.47 Å². The van der Waals surface area contributed by atoms with E-state index in [2.05, 4.69) is 11.6 Å². The average Bonchev–Trinajstić information content (AvgIpc) is 2.26. The number of hydrogen-bond donors (Lipinski definition) is 2. The van der Waals surface area contributed by atoms with Gasteiger partial charge in [0.05, 0.1) is 19.9 Å². The highest BCUT2D eigenvalue weighted by Crippen LogP contribution is 2.24. The smallest absolute Gasteiger partial charge is 0.490 e. The third-order valence-corrected chi connectivity index (χ3v) is 2.08. The standard InChI is InChI=1S/C10H14BNO4/c1-6(2)9-7(11(13)14)5-8(15-3)10(12-9)16-4/h5,13-14H,1H2,2-4H3. The van der Waals surface area contributed by atoms with Crippen LogP contribution >= 0.6 is 0 Å². The molecule has 16 heavy (non-hydrogen) atoms. The Labute approximate surface area is 94.5 Å². The van der Waals surface area contributed by atoms with Gasteiger partial charge in [0.2, 0.25) is 0 Å². The quantitative estimate of drug-likeness (QED) is 0.692. The topological polar surface area (TPSA) is 71.8 Å². The van der Waals surface area contributed by atoms with Crippen molar-refractivity contribution in [3.8, 4) is 11.6 Å². The highest BCUT2D eigenvalue weighted by molar-refractivity contribution is 6.59. The molecule has 0 spiro atoms. The number of nitrogens with zero attached hydrogens (tertiary/aromatic N) is 1. The van der Waals surface area contributed by atoms with E-state index in [1.807, 2.05) is 0 Å². The minimum atomic E-state index is -1.63. The van der Waals surface area contributed by atoms with Gasteiger partial charge < -0.3 is 19.5 Å². The summed E-state index contributed by atoms with van der Waals surface area (Å²) in [6.45, 7) is 5.44. The summed E-state index contributed by atoms with van der Waals surface area (Å²) in [6, 6.07) is 1.47. The number of aromatic nitrogens is 1. The summed E-state index contributed by atoms with van der Waals surface area (Å²) in [4.78, 5) is 4.12. The van der Waals surface area contributed by atoms with Crippen LogP contribution in [-0.4, -0.2) is 36.4 Å². The van der Waals surface area contributed by atoms with Crippen LogP contribution in [0.5, 0.6) is 11.6 Å². The first-order valence-corrected chi connectivity index (χ1v) is 4.66. The van der Waals surface area contributed by atoms with Crippen LogP contribution in [0, 0.1) is 0 Å². The molecule has 2 N–H and O–H groups in total. The van der Waals surface area contributed by atoms with Crippen molar-refractivity contribution >= 4 is 18.2 Å². The van der Waals surface area contributed by atoms with Gasteiger partial charge in [-0.3, -0.25) is 0 Å². The second-order valence-corrected chi connectivity index (χ2v) is 3.29. The van der Waals surface area contributed by atoms with Gasteiger partial charge in [-0.05, 0) is 18.6 Å². The van der Waals surface area contributed by atoms with Gasteiger partial charge in [0.15, 0.2) is 5.75 Å². The second-order valence-electron chi connectivity index (χ2n) is 3.29. The van der Waals surface area contributed by atoms with Gasteiger partial charge in [-0.1, -0.05) is 6.58 Å². The van der Waals surface area contributed by atoms with Gasteiger partial charge in [0.25, 0.3) is 5.88 Å². The molecule has 1 aromatic rings. The van der Waals surface area contributed by atoms with Crippen LogP contribution in [0.25, 0.3) is 5.57 Å². The predicted octanol–water partition coefficient (Wildman–Crippen LogP) is -0.188. The molecular formula is C10H14BNO4. The van der Waals surface area contributed by atoms with Crippen LogP contribution in [0.2, 0.25) is 0 Å². The highest BCUT2D eigenvalue weighted by Gasteiger charge is 2.21. The first-order chi connectivity index (χ1) is 7.51. The molecule has 0 saturated carbocycles. The fourth-order valence-electron chi connectivity index (χ4n) is 1.32. The molecule has 0 aliphatic carbocycles. The molecule has 0 bridgehead atoms. The number of pyridine rings is 1. The molecule has 5 nitrogen and oxygen atoms in total. The van der Waals surface area contributed by atoms with E-state index in [0.717, 1.165) is 0 Å². The van der Waals surface area contributed by atoms with Crippen LogP contribution < -0.4 is 14.9 Å². The molecular weight excluding hydrogens is 209 g/mol. The van der Waals surface area contributed by atoms with E-state index in [-0.39, 0.29) is 11.3 Å². The summed E-state index contributed by atoms with van der Waals surface area (Å²) in [5.74, 6) is 0.625. The second kappa shape index (κ2) is 5.00. The first-order valence-electron chi connectivity index (χ1n) is 4.66. The van der Waals surface area contributed by atoms with Crippen molar-refractivity contribution < 1.29 is 19.5 Å². The predicted molar refractivity (Wildman–Crippen MR) is 61.9 cm³/mol. The molecule has 0 radical (unpaired) electrons. The molecule has 0 saturated heterocycles. The maximum absolute atomic E-state index is 9.22. The average molecular weight is 223 g/mol. The molecule has 0 aliphatic heterocycles. The Balaban J connectivity index is 3.41. The Morgan fingerprint density at radius 2 is 2.00 bits per heavy atom. The number of ether oxygens (including phenoxy) is 2. The molecule has 86 valence electrons. The zero-order valence-electron chi connectivity index (χ0n) is 9.52. The molecule has 0 aromatic carbocycles. The number of hydrogen-bond acceptors (Lipinski definition) is 5. The Morgan fingerprint density at radius 3 is 2.38 bits per heavy atom. The highest BCUT2D eigenvalue weighted by atomic mass is 16.5. The van der Waals surface area contributed by atoms with Gasteiger partial charge >= 0.3 is 7.12 Å². The van der Waals surface area contributed by atoms with Gasteiger partial charge in [0, 0.05) is 5.46 Å². The fraction of sp³-hybridized carbons (Fsp3) is 0.300. The van der Waals surface area contributed by atoms with Crippen molar-refractivity contribution in [3.05, 3.63) is 18.3 Å². The third-order valence-electron chi connectivity index (χ3n) is 2.08. The molecule has 1 heterocycles. The van der Waals surface area contributed by atoms with Gasteiger partial charge in [0.1, 0.15) is 0 Å². The van der Waals surface area contributed by atoms with Crippen LogP contribution in [-0.2, 0) is 0 Å². The molecule has 6 heteroatoms. The molecule has 0 fully saturated rings. The van der Waals surface area contributed by atoms with E-state index in [1.165, 1.54) is 20.3 Å². The lowest BCUT2D eigenvalue weighted by molar-refractivity contribution is 0.342. The van der Waals surface area contributed by atoms with Crippen molar-refractivity contribution in [2.24, 2.45) is 0 Å². The lowest BCUT2D eigenvalue weighted by atomic mass is 9.77. The van der Waals surface area contributed by atoms with E-state index in [1.54, 1.807) is 6.92 Å². The van der Waals surface area contributed by atoms with Crippen LogP contribution in [0.3, 0.4) is 0 Å². The zero-order valence-corrected chi connectivity index (χ0v) is 9.52. The van der Waals surface area contributed by atoms with Crippen molar-refractivity contribution in [1.82, 2.24) is 4.98 Å². The lowest BCUT2D eigenvalue weighted by Crippen LogP contribution is -2.33. The normalized spacial score (nSPS) is 9.81. The molecule has 1 aromatic heterocycles. The fourth-order valence-corrected chi connectivity index (χ4v) is 1.32. The molecule has 0 amide bonds. The Kier molecular flexibility index (Phi) is 3.92. The summed E-state index contributed by atoms with van der Waals surface area (Å²) in [7, 11) is 1.29. The van der Waals surface area contributed by atoms with E-state index >= 15 is 0 Å². The van der Waals surface area contributed by atoms with Crippen molar-refractivity contribution in [2.75, 3.05) is 14.2 Å². The van der Waals surface area contributed by atoms with Crippen LogP contribution in [0.15, 0.2) is 12.6 Å². The summed E-state index contributed by atoms with van der Waals surface area (Å²) in [5, 5.41) is 18.4. The number of methoxy groups -OCH3 is 2. The summed E-state index contributed by atoms with van der Waals surface area (Å²) >= 11 is 0. The molecule has 1 rings (SSSR count). The Morgan fingerprint density at radius 1 is 1.38 bits per heavy atom. The van der Waals surface area contributed by atoms with Gasteiger partial charge in [-0.2, -0.15) is 0 Å². The van der Waals surface area contributed by atoms with Gasteiger partial charge in [-0.15, -0.1) is 0 Å². The van der Waals surface area contributed by atoms with E-state index in [0.29, 0.717) is 17.0 Å². The first kappa shape index (κ1) is 12.5. The lowest BCUT2D eigenvalue weighted by Gasteiger charge is -2.13. The summed E-state index contributed by atoms with van der Waals surface area (Å²) < 4.78 is 10.0.